The van der Waals surface area contributed by atoms with Crippen molar-refractivity contribution in [1.29, 1.82) is 0 Å². The van der Waals surface area contributed by atoms with Gasteiger partial charge in [0.25, 0.3) is 0 Å². The molecule has 1 fully saturated rings. The van der Waals surface area contributed by atoms with Gasteiger partial charge in [0.15, 0.2) is 0 Å². The van der Waals surface area contributed by atoms with E-state index in [0.29, 0.717) is 19.5 Å². The Bertz CT molecular complexity index is 565. The van der Waals surface area contributed by atoms with Crippen LogP contribution in [-0.4, -0.2) is 43.0 Å². The van der Waals surface area contributed by atoms with Gasteiger partial charge in [-0.3, -0.25) is 9.59 Å². The molecular formula is C19H28N2O3. The van der Waals surface area contributed by atoms with Gasteiger partial charge in [0.1, 0.15) is 5.75 Å². The van der Waals surface area contributed by atoms with E-state index in [4.69, 9.17) is 4.74 Å². The molecule has 0 saturated carbocycles. The van der Waals surface area contributed by atoms with Crippen LogP contribution >= 0.6 is 0 Å². The van der Waals surface area contributed by atoms with E-state index in [1.165, 1.54) is 0 Å². The molecule has 0 aliphatic carbocycles. The number of hydrogen-bond donors (Lipinski definition) is 1. The van der Waals surface area contributed by atoms with Crippen LogP contribution in [0.4, 0.5) is 0 Å². The summed E-state index contributed by atoms with van der Waals surface area (Å²) in [6, 6.07) is 7.80. The van der Waals surface area contributed by atoms with Gasteiger partial charge in [0, 0.05) is 30.6 Å². The first kappa shape index (κ1) is 18.3. The molecule has 1 aliphatic rings. The summed E-state index contributed by atoms with van der Waals surface area (Å²) in [7, 11) is 1.62. The lowest BCUT2D eigenvalue weighted by Gasteiger charge is -2.33. The molecule has 1 heterocycles. The number of nitrogens with zero attached hydrogens (tertiary/aromatic N) is 1. The minimum atomic E-state index is 0.0511. The number of amides is 2. The van der Waals surface area contributed by atoms with Crippen molar-refractivity contribution in [3.05, 3.63) is 29.8 Å². The average Bonchev–Trinajstić information content (AvgIpc) is 2.61. The number of likely N-dealkylation sites (tertiary alicyclic amines) is 1. The third kappa shape index (κ3) is 4.73. The molecule has 0 spiro atoms. The van der Waals surface area contributed by atoms with Gasteiger partial charge >= 0.3 is 0 Å². The number of rotatable bonds is 6. The van der Waals surface area contributed by atoms with E-state index in [1.807, 2.05) is 43.0 Å². The molecule has 1 aliphatic heterocycles. The quantitative estimate of drug-likeness (QED) is 0.870. The number of nitrogens with one attached hydrogen (secondary N) is 1. The summed E-state index contributed by atoms with van der Waals surface area (Å²) in [4.78, 5) is 26.4. The Morgan fingerprint density at radius 1 is 1.29 bits per heavy atom. The zero-order chi connectivity index (χ0) is 17.5. The maximum atomic E-state index is 12.5. The molecule has 0 unspecified atom stereocenters. The largest absolute Gasteiger partial charge is 0.496 e. The van der Waals surface area contributed by atoms with Crippen LogP contribution in [-0.2, 0) is 16.0 Å². The number of carbonyl (C=O) groups is 2. The number of benzene rings is 1. The zero-order valence-electron chi connectivity index (χ0n) is 14.9. The van der Waals surface area contributed by atoms with Gasteiger partial charge < -0.3 is 15.0 Å². The Hall–Kier alpha value is -2.04. The van der Waals surface area contributed by atoms with Crippen LogP contribution in [0.1, 0.15) is 38.7 Å². The summed E-state index contributed by atoms with van der Waals surface area (Å²) < 4.78 is 5.31. The molecule has 1 N–H and O–H groups in total. The topological polar surface area (TPSA) is 58.6 Å². The maximum absolute atomic E-state index is 12.5. The minimum absolute atomic E-state index is 0.0511. The van der Waals surface area contributed by atoms with E-state index in [9.17, 15) is 9.59 Å². The van der Waals surface area contributed by atoms with E-state index in [1.54, 1.807) is 7.11 Å². The van der Waals surface area contributed by atoms with Crippen molar-refractivity contribution in [1.82, 2.24) is 10.2 Å². The van der Waals surface area contributed by atoms with Crippen LogP contribution in [0, 0.1) is 5.92 Å². The van der Waals surface area contributed by atoms with Gasteiger partial charge in [0.2, 0.25) is 11.8 Å². The second-order valence-electron chi connectivity index (χ2n) is 6.46. The van der Waals surface area contributed by atoms with Gasteiger partial charge in [-0.25, -0.2) is 0 Å². The minimum Gasteiger partial charge on any atom is -0.496 e. The van der Waals surface area contributed by atoms with Crippen LogP contribution < -0.4 is 10.1 Å². The lowest BCUT2D eigenvalue weighted by Crippen LogP contribution is -2.47. The van der Waals surface area contributed by atoms with Crippen molar-refractivity contribution in [3.63, 3.8) is 0 Å². The van der Waals surface area contributed by atoms with Crippen LogP contribution in [0.25, 0.3) is 0 Å². The van der Waals surface area contributed by atoms with Crippen LogP contribution in [0.3, 0.4) is 0 Å². The number of piperidine rings is 1. The highest BCUT2D eigenvalue weighted by Gasteiger charge is 2.25. The molecule has 2 rings (SSSR count). The second kappa shape index (κ2) is 8.71. The number of para-hydroxylation sites is 1. The van der Waals surface area contributed by atoms with Crippen molar-refractivity contribution in [2.45, 2.75) is 45.6 Å². The van der Waals surface area contributed by atoms with Crippen LogP contribution in [0.5, 0.6) is 5.75 Å². The first-order chi connectivity index (χ1) is 11.5. The fourth-order valence-corrected chi connectivity index (χ4v) is 2.93. The summed E-state index contributed by atoms with van der Waals surface area (Å²) >= 11 is 0. The normalized spacial score (nSPS) is 16.5. The highest BCUT2D eigenvalue weighted by Crippen LogP contribution is 2.20. The highest BCUT2D eigenvalue weighted by molar-refractivity contribution is 5.80. The SMILES string of the molecule is CC[C@H](C)C(=O)NC1CCN(C(=O)Cc2ccccc2OC)CC1. The van der Waals surface area contributed by atoms with E-state index >= 15 is 0 Å². The molecule has 2 amide bonds. The second-order valence-corrected chi connectivity index (χ2v) is 6.46. The Labute approximate surface area is 144 Å². The van der Waals surface area contributed by atoms with Crippen molar-refractivity contribution < 1.29 is 14.3 Å². The summed E-state index contributed by atoms with van der Waals surface area (Å²) in [5, 5.41) is 3.10. The number of methoxy groups -OCH3 is 1. The molecule has 0 radical (unpaired) electrons. The van der Waals surface area contributed by atoms with Gasteiger partial charge in [-0.2, -0.15) is 0 Å². The molecule has 24 heavy (non-hydrogen) atoms. The molecule has 0 aromatic heterocycles. The van der Waals surface area contributed by atoms with E-state index in [-0.39, 0.29) is 23.8 Å². The molecule has 1 aromatic carbocycles. The smallest absolute Gasteiger partial charge is 0.227 e. The van der Waals surface area contributed by atoms with Crippen molar-refractivity contribution in [2.24, 2.45) is 5.92 Å². The lowest BCUT2D eigenvalue weighted by molar-refractivity contribution is -0.131. The predicted molar refractivity (Wildman–Crippen MR) is 93.9 cm³/mol. The van der Waals surface area contributed by atoms with E-state index in [0.717, 1.165) is 30.6 Å². The first-order valence-corrected chi connectivity index (χ1v) is 8.75. The molecule has 132 valence electrons. The number of carbonyl (C=O) groups excluding carboxylic acids is 2. The summed E-state index contributed by atoms with van der Waals surface area (Å²) in [6.45, 7) is 5.35. The van der Waals surface area contributed by atoms with Crippen molar-refractivity contribution >= 4 is 11.8 Å². The fraction of sp³-hybridized carbons (Fsp3) is 0.579. The average molecular weight is 332 g/mol. The third-order valence-electron chi connectivity index (χ3n) is 4.79. The Morgan fingerprint density at radius 3 is 2.58 bits per heavy atom. The molecule has 1 atom stereocenters. The third-order valence-corrected chi connectivity index (χ3v) is 4.79. The van der Waals surface area contributed by atoms with Gasteiger partial charge in [-0.05, 0) is 25.3 Å². The van der Waals surface area contributed by atoms with Crippen molar-refractivity contribution in [3.8, 4) is 5.75 Å². The van der Waals surface area contributed by atoms with Gasteiger partial charge in [0.05, 0.1) is 13.5 Å². The number of hydrogen-bond acceptors (Lipinski definition) is 3. The Balaban J connectivity index is 1.83. The first-order valence-electron chi connectivity index (χ1n) is 8.75. The summed E-state index contributed by atoms with van der Waals surface area (Å²) in [5.41, 5.74) is 0.914. The molecule has 5 heteroatoms. The highest BCUT2D eigenvalue weighted by atomic mass is 16.5. The van der Waals surface area contributed by atoms with Crippen LogP contribution in [0.2, 0.25) is 0 Å². The molecule has 1 aromatic rings. The van der Waals surface area contributed by atoms with E-state index in [2.05, 4.69) is 5.32 Å². The van der Waals surface area contributed by atoms with Gasteiger partial charge in [-0.15, -0.1) is 0 Å². The fourth-order valence-electron chi connectivity index (χ4n) is 2.93. The zero-order valence-corrected chi connectivity index (χ0v) is 14.9. The van der Waals surface area contributed by atoms with Crippen molar-refractivity contribution in [2.75, 3.05) is 20.2 Å². The van der Waals surface area contributed by atoms with Gasteiger partial charge in [-0.1, -0.05) is 32.0 Å². The Kier molecular flexibility index (Phi) is 6.64. The summed E-state index contributed by atoms with van der Waals surface area (Å²) in [5.74, 6) is 1.04. The monoisotopic (exact) mass is 332 g/mol. The molecular weight excluding hydrogens is 304 g/mol. The molecule has 0 bridgehead atoms. The lowest BCUT2D eigenvalue weighted by atomic mass is 10.0. The number of ether oxygens (including phenoxy) is 1. The predicted octanol–water partition coefficient (Wildman–Crippen LogP) is 2.39. The summed E-state index contributed by atoms with van der Waals surface area (Å²) in [6.07, 6.45) is 2.84. The maximum Gasteiger partial charge on any atom is 0.227 e. The standard InChI is InChI=1S/C19H28N2O3/c1-4-14(2)19(23)20-16-9-11-21(12-10-16)18(22)13-15-7-5-6-8-17(15)24-3/h5-8,14,16H,4,9-13H2,1-3H3,(H,20,23)/t14-/m0/s1. The molecule has 1 saturated heterocycles. The Morgan fingerprint density at radius 2 is 1.96 bits per heavy atom. The van der Waals surface area contributed by atoms with Crippen LogP contribution in [0.15, 0.2) is 24.3 Å². The van der Waals surface area contributed by atoms with E-state index < -0.39 is 0 Å². The molecule has 5 nitrogen and oxygen atoms in total.